The monoisotopic (exact) mass is 526 g/mol. The zero-order valence-corrected chi connectivity index (χ0v) is 20.7. The second kappa shape index (κ2) is 9.94. The van der Waals surface area contributed by atoms with Crippen LogP contribution in [0, 0.1) is 5.41 Å². The van der Waals surface area contributed by atoms with Gasteiger partial charge < -0.3 is 23.7 Å². The molecule has 35 heavy (non-hydrogen) atoms. The molecule has 0 aromatic heterocycles. The molecule has 0 bridgehead atoms. The molecule has 0 aliphatic carbocycles. The molecule has 2 saturated heterocycles. The Hall–Kier alpha value is -1.77. The Kier molecular flexibility index (Phi) is 7.90. The summed E-state index contributed by atoms with van der Waals surface area (Å²) >= 11 is 0. The van der Waals surface area contributed by atoms with Gasteiger partial charge in [0.05, 0.1) is 12.0 Å². The van der Waals surface area contributed by atoms with Crippen LogP contribution < -0.4 is 0 Å². The van der Waals surface area contributed by atoms with E-state index in [1.807, 2.05) is 0 Å². The van der Waals surface area contributed by atoms with Crippen molar-refractivity contribution >= 4 is 16.1 Å². The van der Waals surface area contributed by atoms with E-state index in [1.165, 1.54) is 20.8 Å². The van der Waals surface area contributed by atoms with Gasteiger partial charge in [0.15, 0.2) is 12.1 Å². The first-order valence-electron chi connectivity index (χ1n) is 10.8. The smallest absolute Gasteiger partial charge is 0.462 e. The summed E-state index contributed by atoms with van der Waals surface area (Å²) < 4.78 is 95.8. The number of carbonyl (C=O) groups excluding carboxylic acids is 1. The molecule has 2 aliphatic rings. The van der Waals surface area contributed by atoms with Gasteiger partial charge in [0.1, 0.15) is 31.0 Å². The van der Waals surface area contributed by atoms with Crippen LogP contribution in [-0.4, -0.2) is 63.0 Å². The number of fused-ring (bicyclic) bond motifs is 1. The molecule has 1 aromatic carbocycles. The number of halogens is 3. The summed E-state index contributed by atoms with van der Waals surface area (Å²) in [5.41, 5.74) is -5.96. The molecular formula is C22H29F3O9S. The number of esters is 1. The van der Waals surface area contributed by atoms with E-state index in [1.54, 1.807) is 44.2 Å². The van der Waals surface area contributed by atoms with Crippen molar-refractivity contribution in [3.8, 4) is 0 Å². The predicted molar refractivity (Wildman–Crippen MR) is 114 cm³/mol. The maximum Gasteiger partial charge on any atom is 0.523 e. The van der Waals surface area contributed by atoms with Gasteiger partial charge >= 0.3 is 21.6 Å². The van der Waals surface area contributed by atoms with E-state index in [4.69, 9.17) is 23.7 Å². The summed E-state index contributed by atoms with van der Waals surface area (Å²) in [6, 6.07) is 8.89. The minimum absolute atomic E-state index is 0.0128. The number of hydrogen-bond acceptors (Lipinski definition) is 9. The Bertz CT molecular complexity index is 990. The molecule has 198 valence electrons. The third-order valence-electron chi connectivity index (χ3n) is 5.20. The lowest BCUT2D eigenvalue weighted by Crippen LogP contribution is -2.48. The van der Waals surface area contributed by atoms with Crippen molar-refractivity contribution in [1.29, 1.82) is 0 Å². The quantitative estimate of drug-likeness (QED) is 0.287. The first kappa shape index (κ1) is 27.8. The Morgan fingerprint density at radius 1 is 1.11 bits per heavy atom. The molecule has 0 amide bonds. The lowest BCUT2D eigenvalue weighted by Gasteiger charge is -2.31. The van der Waals surface area contributed by atoms with E-state index >= 15 is 0 Å². The van der Waals surface area contributed by atoms with Gasteiger partial charge in [0, 0.05) is 0 Å². The number of rotatable bonds is 8. The molecule has 2 heterocycles. The maximum absolute atomic E-state index is 13.1. The zero-order valence-electron chi connectivity index (χ0n) is 19.9. The van der Waals surface area contributed by atoms with Crippen molar-refractivity contribution in [3.05, 3.63) is 35.9 Å². The largest absolute Gasteiger partial charge is 0.523 e. The van der Waals surface area contributed by atoms with Crippen molar-refractivity contribution in [2.24, 2.45) is 5.41 Å². The van der Waals surface area contributed by atoms with Gasteiger partial charge in [-0.25, -0.2) is 0 Å². The molecule has 0 N–H and O–H groups in total. The van der Waals surface area contributed by atoms with Crippen LogP contribution in [0.5, 0.6) is 0 Å². The van der Waals surface area contributed by atoms with Gasteiger partial charge in [-0.1, -0.05) is 30.3 Å². The Morgan fingerprint density at radius 2 is 1.74 bits per heavy atom. The van der Waals surface area contributed by atoms with Crippen molar-refractivity contribution < 1.29 is 54.3 Å². The lowest BCUT2D eigenvalue weighted by molar-refractivity contribution is -0.231. The van der Waals surface area contributed by atoms with E-state index in [0.717, 1.165) is 5.56 Å². The highest BCUT2D eigenvalue weighted by molar-refractivity contribution is 7.87. The third kappa shape index (κ3) is 6.71. The zero-order chi connectivity index (χ0) is 26.2. The molecule has 1 aromatic rings. The molecule has 2 fully saturated rings. The summed E-state index contributed by atoms with van der Waals surface area (Å²) in [6.07, 6.45) is -6.42. The van der Waals surface area contributed by atoms with Crippen LogP contribution >= 0.6 is 0 Å². The number of hydrogen-bond donors (Lipinski definition) is 0. The standard InChI is InChI=1S/C22H29F3O9S/c1-20(2,3)19(26)30-12-14(34-35(27,28)22(23,24)25)15-16(29-11-13-9-7-6-8-10-13)17-18(31-15)33-21(4,5)32-17/h6-10,14-18H,11-12H2,1-5H3/t14?,15-,16?,17?,18-/m1/s1. The highest BCUT2D eigenvalue weighted by Gasteiger charge is 2.59. The Labute approximate surface area is 201 Å². The van der Waals surface area contributed by atoms with Crippen molar-refractivity contribution in [3.63, 3.8) is 0 Å². The molecule has 0 spiro atoms. The first-order valence-corrected chi connectivity index (χ1v) is 12.2. The van der Waals surface area contributed by atoms with Gasteiger partial charge in [0.25, 0.3) is 0 Å². The fraction of sp³-hybridized carbons (Fsp3) is 0.682. The van der Waals surface area contributed by atoms with Gasteiger partial charge in [-0.3, -0.25) is 8.98 Å². The summed E-state index contributed by atoms with van der Waals surface area (Å²) in [6.45, 7) is 7.00. The second-order valence-corrected chi connectivity index (χ2v) is 11.3. The molecule has 3 unspecified atom stereocenters. The van der Waals surface area contributed by atoms with Crippen LogP contribution in [0.15, 0.2) is 30.3 Å². The van der Waals surface area contributed by atoms with Gasteiger partial charge in [0.2, 0.25) is 0 Å². The van der Waals surface area contributed by atoms with E-state index in [0.29, 0.717) is 0 Å². The lowest BCUT2D eigenvalue weighted by atomic mass is 9.97. The normalized spacial score (nSPS) is 27.4. The second-order valence-electron chi connectivity index (χ2n) is 9.71. The van der Waals surface area contributed by atoms with Gasteiger partial charge in [-0.2, -0.15) is 21.6 Å². The predicted octanol–water partition coefficient (Wildman–Crippen LogP) is 3.27. The topological polar surface area (TPSA) is 107 Å². The van der Waals surface area contributed by atoms with Crippen LogP contribution in [0.3, 0.4) is 0 Å². The van der Waals surface area contributed by atoms with Crippen LogP contribution in [0.25, 0.3) is 0 Å². The molecule has 13 heteroatoms. The SMILES string of the molecule is CC1(C)OC2C(OCc3ccccc3)[C@@H](C(COC(=O)C(C)(C)C)OS(=O)(=O)C(F)(F)F)O[C@@H]2O1. The summed E-state index contributed by atoms with van der Waals surface area (Å²) in [5.74, 6) is -1.86. The van der Waals surface area contributed by atoms with Crippen LogP contribution in [0.1, 0.15) is 40.2 Å². The summed E-state index contributed by atoms with van der Waals surface area (Å²) in [5, 5.41) is 0. The maximum atomic E-state index is 13.1. The third-order valence-corrected chi connectivity index (χ3v) is 6.27. The fourth-order valence-electron chi connectivity index (χ4n) is 3.53. The average Bonchev–Trinajstić information content (AvgIpc) is 3.20. The Balaban J connectivity index is 1.88. The summed E-state index contributed by atoms with van der Waals surface area (Å²) in [7, 11) is -6.06. The fourth-order valence-corrected chi connectivity index (χ4v) is 4.13. The van der Waals surface area contributed by atoms with Gasteiger partial charge in [-0.15, -0.1) is 0 Å². The summed E-state index contributed by atoms with van der Waals surface area (Å²) in [4.78, 5) is 12.2. The Morgan fingerprint density at radius 3 is 2.31 bits per heavy atom. The number of carbonyl (C=O) groups is 1. The van der Waals surface area contributed by atoms with E-state index in [2.05, 4.69) is 4.18 Å². The van der Waals surface area contributed by atoms with E-state index in [9.17, 15) is 26.4 Å². The molecule has 0 radical (unpaired) electrons. The highest BCUT2D eigenvalue weighted by Crippen LogP contribution is 2.41. The minimum Gasteiger partial charge on any atom is -0.462 e. The molecule has 0 saturated carbocycles. The number of alkyl halides is 3. The average molecular weight is 527 g/mol. The van der Waals surface area contributed by atoms with Gasteiger partial charge in [-0.05, 0) is 40.2 Å². The molecule has 3 rings (SSSR count). The first-order chi connectivity index (χ1) is 16.0. The van der Waals surface area contributed by atoms with Crippen molar-refractivity contribution in [2.45, 2.75) is 83.2 Å². The number of ether oxygens (including phenoxy) is 5. The van der Waals surface area contributed by atoms with Crippen molar-refractivity contribution in [1.82, 2.24) is 0 Å². The molecule has 2 aliphatic heterocycles. The molecule has 9 nitrogen and oxygen atoms in total. The van der Waals surface area contributed by atoms with E-state index < -0.39 is 70.1 Å². The van der Waals surface area contributed by atoms with Crippen LogP contribution in [0.2, 0.25) is 0 Å². The van der Waals surface area contributed by atoms with E-state index in [-0.39, 0.29) is 6.61 Å². The minimum atomic E-state index is -6.06. The molecular weight excluding hydrogens is 497 g/mol. The van der Waals surface area contributed by atoms with Crippen LogP contribution in [-0.2, 0) is 49.4 Å². The van der Waals surface area contributed by atoms with Crippen LogP contribution in [0.4, 0.5) is 13.2 Å². The highest BCUT2D eigenvalue weighted by atomic mass is 32.2. The molecule has 5 atom stereocenters. The number of benzene rings is 1. The van der Waals surface area contributed by atoms with Crippen molar-refractivity contribution in [2.75, 3.05) is 6.61 Å².